The summed E-state index contributed by atoms with van der Waals surface area (Å²) in [5.41, 5.74) is 5.13. The van der Waals surface area contributed by atoms with Crippen LogP contribution in [0.3, 0.4) is 0 Å². The third-order valence-corrected chi connectivity index (χ3v) is 7.80. The van der Waals surface area contributed by atoms with Crippen LogP contribution in [-0.4, -0.2) is 59.5 Å². The fourth-order valence-electron chi connectivity index (χ4n) is 4.15. The van der Waals surface area contributed by atoms with Gasteiger partial charge in [-0.25, -0.2) is 17.8 Å². The summed E-state index contributed by atoms with van der Waals surface area (Å²) in [5, 5.41) is 13.1. The van der Waals surface area contributed by atoms with Crippen LogP contribution in [0.25, 0.3) is 17.1 Å². The second-order valence-corrected chi connectivity index (χ2v) is 10.1. The molecular weight excluding hydrogens is 424 g/mol. The number of nitrogens with zero attached hydrogens (tertiary/aromatic N) is 5. The Morgan fingerprint density at radius 1 is 0.969 bits per heavy atom. The Bertz CT molecular complexity index is 1210. The SMILES string of the molecule is Cc1ccc(-c2ccc(-n3nc(C)c(S(=O)(=O)NCCN4CCCC4)c3C)nn2)cc1C. The van der Waals surface area contributed by atoms with E-state index in [9.17, 15) is 8.42 Å². The fourth-order valence-corrected chi connectivity index (χ4v) is 5.56. The van der Waals surface area contributed by atoms with E-state index in [0.717, 1.165) is 30.9 Å². The highest BCUT2D eigenvalue weighted by atomic mass is 32.2. The summed E-state index contributed by atoms with van der Waals surface area (Å²) >= 11 is 0. The molecule has 0 unspecified atom stereocenters. The predicted octanol–water partition coefficient (Wildman–Crippen LogP) is 2.94. The van der Waals surface area contributed by atoms with Gasteiger partial charge in [0.25, 0.3) is 0 Å². The number of sulfonamides is 1. The first-order valence-electron chi connectivity index (χ1n) is 11.0. The maximum Gasteiger partial charge on any atom is 0.244 e. The van der Waals surface area contributed by atoms with E-state index in [0.29, 0.717) is 23.8 Å². The molecule has 0 bridgehead atoms. The fraction of sp³-hybridized carbons (Fsp3) is 0.435. The van der Waals surface area contributed by atoms with E-state index in [-0.39, 0.29) is 4.90 Å². The highest BCUT2D eigenvalue weighted by Gasteiger charge is 2.25. The van der Waals surface area contributed by atoms with Crippen molar-refractivity contribution in [3.8, 4) is 17.1 Å². The largest absolute Gasteiger partial charge is 0.302 e. The molecule has 2 aromatic heterocycles. The summed E-state index contributed by atoms with van der Waals surface area (Å²) in [5.74, 6) is 0.483. The maximum atomic E-state index is 13.0. The van der Waals surface area contributed by atoms with Crippen molar-refractivity contribution >= 4 is 10.0 Å². The van der Waals surface area contributed by atoms with Crippen LogP contribution in [0.15, 0.2) is 35.2 Å². The lowest BCUT2D eigenvalue weighted by Gasteiger charge is -2.15. The van der Waals surface area contributed by atoms with Crippen LogP contribution in [0.1, 0.15) is 35.4 Å². The smallest absolute Gasteiger partial charge is 0.244 e. The molecule has 4 rings (SSSR count). The van der Waals surface area contributed by atoms with E-state index in [4.69, 9.17) is 0 Å². The third kappa shape index (κ3) is 4.60. The lowest BCUT2D eigenvalue weighted by molar-refractivity contribution is 0.344. The number of benzene rings is 1. The van der Waals surface area contributed by atoms with E-state index >= 15 is 0 Å². The molecule has 1 aliphatic rings. The predicted molar refractivity (Wildman–Crippen MR) is 124 cm³/mol. The first-order valence-corrected chi connectivity index (χ1v) is 12.4. The van der Waals surface area contributed by atoms with Crippen LogP contribution in [-0.2, 0) is 10.0 Å². The zero-order valence-electron chi connectivity index (χ0n) is 19.1. The Balaban J connectivity index is 1.54. The van der Waals surface area contributed by atoms with Crippen molar-refractivity contribution in [2.45, 2.75) is 45.4 Å². The molecule has 0 radical (unpaired) electrons. The third-order valence-electron chi connectivity index (χ3n) is 6.08. The molecule has 9 heteroatoms. The summed E-state index contributed by atoms with van der Waals surface area (Å²) in [7, 11) is -3.67. The van der Waals surface area contributed by atoms with Gasteiger partial charge in [0.2, 0.25) is 10.0 Å². The van der Waals surface area contributed by atoms with Crippen LogP contribution in [0, 0.1) is 27.7 Å². The quantitative estimate of drug-likeness (QED) is 0.590. The van der Waals surface area contributed by atoms with E-state index in [1.54, 1.807) is 18.5 Å². The van der Waals surface area contributed by atoms with Gasteiger partial charge in [-0.05, 0) is 83.0 Å². The molecule has 1 aliphatic heterocycles. The summed E-state index contributed by atoms with van der Waals surface area (Å²) < 4.78 is 30.2. The molecule has 3 aromatic rings. The Morgan fingerprint density at radius 2 is 1.72 bits per heavy atom. The number of likely N-dealkylation sites (tertiary alicyclic amines) is 1. The van der Waals surface area contributed by atoms with Gasteiger partial charge in [-0.2, -0.15) is 5.10 Å². The first kappa shape index (κ1) is 22.6. The topological polar surface area (TPSA) is 93.0 Å². The van der Waals surface area contributed by atoms with Crippen molar-refractivity contribution < 1.29 is 8.42 Å². The Labute approximate surface area is 189 Å². The molecule has 1 saturated heterocycles. The van der Waals surface area contributed by atoms with Gasteiger partial charge in [0.05, 0.1) is 17.1 Å². The molecule has 0 spiro atoms. The van der Waals surface area contributed by atoms with Gasteiger partial charge in [-0.1, -0.05) is 12.1 Å². The molecule has 0 amide bonds. The van der Waals surface area contributed by atoms with Gasteiger partial charge < -0.3 is 4.90 Å². The second kappa shape index (κ2) is 9.09. The van der Waals surface area contributed by atoms with Crippen molar-refractivity contribution in [3.05, 3.63) is 52.8 Å². The van der Waals surface area contributed by atoms with Crippen LogP contribution >= 0.6 is 0 Å². The second-order valence-electron chi connectivity index (χ2n) is 8.43. The average molecular weight is 455 g/mol. The van der Waals surface area contributed by atoms with Crippen molar-refractivity contribution in [1.29, 1.82) is 0 Å². The summed E-state index contributed by atoms with van der Waals surface area (Å²) in [6.45, 7) is 10.8. The highest BCUT2D eigenvalue weighted by molar-refractivity contribution is 7.89. The molecule has 0 aliphatic carbocycles. The normalized spacial score (nSPS) is 14.9. The minimum atomic E-state index is -3.67. The van der Waals surface area contributed by atoms with E-state index in [1.807, 2.05) is 18.2 Å². The van der Waals surface area contributed by atoms with E-state index < -0.39 is 10.0 Å². The van der Waals surface area contributed by atoms with Crippen molar-refractivity contribution in [1.82, 2.24) is 29.6 Å². The molecule has 0 saturated carbocycles. The summed E-state index contributed by atoms with van der Waals surface area (Å²) in [4.78, 5) is 2.48. The molecule has 3 heterocycles. The maximum absolute atomic E-state index is 13.0. The Morgan fingerprint density at radius 3 is 2.38 bits per heavy atom. The minimum absolute atomic E-state index is 0.207. The number of hydrogen-bond donors (Lipinski definition) is 1. The van der Waals surface area contributed by atoms with Crippen molar-refractivity contribution in [2.24, 2.45) is 0 Å². The van der Waals surface area contributed by atoms with Crippen LogP contribution in [0.5, 0.6) is 0 Å². The van der Waals surface area contributed by atoms with E-state index in [1.165, 1.54) is 24.0 Å². The molecule has 1 N–H and O–H groups in total. The Hall–Kier alpha value is -2.62. The highest BCUT2D eigenvalue weighted by Crippen LogP contribution is 2.23. The van der Waals surface area contributed by atoms with Crippen molar-refractivity contribution in [3.63, 3.8) is 0 Å². The lowest BCUT2D eigenvalue weighted by atomic mass is 10.0. The molecule has 32 heavy (non-hydrogen) atoms. The van der Waals surface area contributed by atoms with Gasteiger partial charge in [-0.3, -0.25) is 0 Å². The number of aryl methyl sites for hydroxylation is 3. The van der Waals surface area contributed by atoms with Crippen LogP contribution in [0.2, 0.25) is 0 Å². The van der Waals surface area contributed by atoms with Gasteiger partial charge in [0.1, 0.15) is 4.90 Å². The standard InChI is InChI=1S/C23H30N6O2S/c1-16-7-8-20(15-17(16)2)21-9-10-22(26-25-21)29-19(4)23(18(3)27-29)32(30,31)24-11-14-28-12-5-6-13-28/h7-10,15,24H,5-6,11-14H2,1-4H3. The number of hydrogen-bond acceptors (Lipinski definition) is 6. The van der Waals surface area contributed by atoms with Crippen molar-refractivity contribution in [2.75, 3.05) is 26.2 Å². The zero-order valence-corrected chi connectivity index (χ0v) is 19.9. The molecule has 1 aromatic carbocycles. The van der Waals surface area contributed by atoms with Gasteiger partial charge >= 0.3 is 0 Å². The van der Waals surface area contributed by atoms with Crippen LogP contribution < -0.4 is 4.72 Å². The first-order chi connectivity index (χ1) is 15.3. The number of nitrogens with one attached hydrogen (secondary N) is 1. The molecule has 1 fully saturated rings. The lowest BCUT2D eigenvalue weighted by Crippen LogP contribution is -2.33. The molecule has 0 atom stereocenters. The Kier molecular flexibility index (Phi) is 6.41. The molecule has 8 nitrogen and oxygen atoms in total. The number of aromatic nitrogens is 4. The summed E-state index contributed by atoms with van der Waals surface area (Å²) in [6, 6.07) is 9.86. The zero-order chi connectivity index (χ0) is 22.9. The number of rotatable bonds is 7. The summed E-state index contributed by atoms with van der Waals surface area (Å²) in [6.07, 6.45) is 2.36. The molecular formula is C23H30N6O2S. The molecule has 170 valence electrons. The monoisotopic (exact) mass is 454 g/mol. The van der Waals surface area contributed by atoms with Gasteiger partial charge in [0.15, 0.2) is 5.82 Å². The van der Waals surface area contributed by atoms with Crippen LogP contribution in [0.4, 0.5) is 0 Å². The van der Waals surface area contributed by atoms with Gasteiger partial charge in [0, 0.05) is 18.7 Å². The van der Waals surface area contributed by atoms with Gasteiger partial charge in [-0.15, -0.1) is 10.2 Å². The van der Waals surface area contributed by atoms with E-state index in [2.05, 4.69) is 50.9 Å². The average Bonchev–Trinajstić information content (AvgIpc) is 3.38. The minimum Gasteiger partial charge on any atom is -0.302 e.